The van der Waals surface area contributed by atoms with Gasteiger partial charge in [-0.05, 0) is 12.8 Å². The Kier molecular flexibility index (Phi) is 17.8. The van der Waals surface area contributed by atoms with Gasteiger partial charge in [0.15, 0.2) is 0 Å². The molecule has 0 saturated heterocycles. The first-order chi connectivity index (χ1) is 12.2. The van der Waals surface area contributed by atoms with Crippen LogP contribution in [0.3, 0.4) is 0 Å². The van der Waals surface area contributed by atoms with Crippen LogP contribution < -0.4 is 0 Å². The Morgan fingerprint density at radius 1 is 0.680 bits per heavy atom. The minimum Gasteiger partial charge on any atom is -0.381 e. The van der Waals surface area contributed by atoms with Crippen molar-refractivity contribution in [3.05, 3.63) is 0 Å². The monoisotopic (exact) mass is 354 g/mol. The van der Waals surface area contributed by atoms with Gasteiger partial charge in [-0.2, -0.15) is 0 Å². The topological polar surface area (TPSA) is 27.7 Å². The Morgan fingerprint density at radius 3 is 1.56 bits per heavy atom. The second-order valence-corrected chi connectivity index (χ2v) is 7.44. The van der Waals surface area contributed by atoms with E-state index in [1.165, 1.54) is 51.4 Å². The molecule has 0 amide bonds. The normalized spacial score (nSPS) is 11.6. The number of terminal acetylenes is 1. The van der Waals surface area contributed by atoms with Gasteiger partial charge in [0.2, 0.25) is 0 Å². The third kappa shape index (κ3) is 16.6. The number of ether oxygens (including phenoxy) is 3. The van der Waals surface area contributed by atoms with E-state index >= 15 is 0 Å². The van der Waals surface area contributed by atoms with E-state index in [9.17, 15) is 0 Å². The zero-order valence-electron chi connectivity index (χ0n) is 17.1. The minimum absolute atomic E-state index is 0.121. The summed E-state index contributed by atoms with van der Waals surface area (Å²) in [6.07, 6.45) is 17.9. The average Bonchev–Trinajstić information content (AvgIpc) is 2.60. The summed E-state index contributed by atoms with van der Waals surface area (Å²) in [6, 6.07) is 0. The molecule has 0 aromatic carbocycles. The molecule has 0 aromatic rings. The fourth-order valence-electron chi connectivity index (χ4n) is 2.73. The van der Waals surface area contributed by atoms with Crippen molar-refractivity contribution in [1.29, 1.82) is 0 Å². The van der Waals surface area contributed by atoms with E-state index in [1.54, 1.807) is 0 Å². The molecule has 0 unspecified atom stereocenters. The summed E-state index contributed by atoms with van der Waals surface area (Å²) in [5.74, 6) is 2.53. The van der Waals surface area contributed by atoms with Gasteiger partial charge >= 0.3 is 0 Å². The van der Waals surface area contributed by atoms with Crippen molar-refractivity contribution in [3.8, 4) is 12.3 Å². The summed E-state index contributed by atoms with van der Waals surface area (Å²) in [5.41, 5.74) is -0.121. The van der Waals surface area contributed by atoms with Gasteiger partial charge in [-0.25, -0.2) is 0 Å². The van der Waals surface area contributed by atoms with Crippen molar-refractivity contribution in [2.24, 2.45) is 5.41 Å². The molecule has 148 valence electrons. The first-order valence-corrected chi connectivity index (χ1v) is 10.3. The van der Waals surface area contributed by atoms with E-state index < -0.39 is 0 Å². The van der Waals surface area contributed by atoms with E-state index in [1.807, 2.05) is 0 Å². The molecule has 0 aliphatic carbocycles. The van der Waals surface area contributed by atoms with Gasteiger partial charge in [0.05, 0.1) is 19.8 Å². The van der Waals surface area contributed by atoms with Crippen LogP contribution in [0.5, 0.6) is 0 Å². The van der Waals surface area contributed by atoms with Gasteiger partial charge in [-0.1, -0.05) is 78.1 Å². The van der Waals surface area contributed by atoms with Crippen molar-refractivity contribution in [2.45, 2.75) is 85.0 Å². The third-order valence-corrected chi connectivity index (χ3v) is 4.32. The first kappa shape index (κ1) is 24.4. The molecule has 0 atom stereocenters. The fraction of sp³-hybridized carbons (Fsp3) is 0.909. The molecule has 0 heterocycles. The van der Waals surface area contributed by atoms with Crippen LogP contribution in [0.2, 0.25) is 0 Å². The van der Waals surface area contributed by atoms with Gasteiger partial charge < -0.3 is 14.2 Å². The standard InChI is InChI=1S/C22H42O3/c1-5-8-10-12-14-17-24-20-22(4,19-23-16-7-3)21-25-18-15-13-11-9-6-2/h3H,5-6,8-21H2,1-2,4H3. The highest BCUT2D eigenvalue weighted by atomic mass is 16.5. The van der Waals surface area contributed by atoms with Gasteiger partial charge in [0, 0.05) is 18.6 Å². The summed E-state index contributed by atoms with van der Waals surface area (Å²) in [6.45, 7) is 10.6. The number of hydrogen-bond acceptors (Lipinski definition) is 3. The predicted molar refractivity (Wildman–Crippen MR) is 107 cm³/mol. The van der Waals surface area contributed by atoms with Crippen molar-refractivity contribution >= 4 is 0 Å². The number of unbranched alkanes of at least 4 members (excludes halogenated alkanes) is 8. The largest absolute Gasteiger partial charge is 0.381 e. The lowest BCUT2D eigenvalue weighted by Crippen LogP contribution is -2.34. The van der Waals surface area contributed by atoms with E-state index in [-0.39, 0.29) is 5.41 Å². The predicted octanol–water partition coefficient (Wildman–Crippen LogP) is 5.62. The Labute approximate surface area is 157 Å². The summed E-state index contributed by atoms with van der Waals surface area (Å²) >= 11 is 0. The van der Waals surface area contributed by atoms with Crippen molar-refractivity contribution < 1.29 is 14.2 Å². The maximum atomic E-state index is 5.91. The third-order valence-electron chi connectivity index (χ3n) is 4.32. The Morgan fingerprint density at radius 2 is 1.12 bits per heavy atom. The molecule has 3 nitrogen and oxygen atoms in total. The lowest BCUT2D eigenvalue weighted by molar-refractivity contribution is -0.0559. The lowest BCUT2D eigenvalue weighted by atomic mass is 9.94. The van der Waals surface area contributed by atoms with Crippen LogP contribution in [0, 0.1) is 17.8 Å². The quantitative estimate of drug-likeness (QED) is 0.223. The number of hydrogen-bond donors (Lipinski definition) is 0. The van der Waals surface area contributed by atoms with Crippen LogP contribution in [0.4, 0.5) is 0 Å². The van der Waals surface area contributed by atoms with Gasteiger partial charge in [-0.15, -0.1) is 6.42 Å². The second-order valence-electron chi connectivity index (χ2n) is 7.44. The Hall–Kier alpha value is -0.560. The molecule has 0 spiro atoms. The SMILES string of the molecule is C#CCOCC(C)(COCCCCCCC)COCCCCCCC. The molecule has 0 saturated carbocycles. The van der Waals surface area contributed by atoms with E-state index in [0.717, 1.165) is 26.1 Å². The van der Waals surface area contributed by atoms with Crippen molar-refractivity contribution in [2.75, 3.05) is 39.6 Å². The zero-order chi connectivity index (χ0) is 18.6. The highest BCUT2D eigenvalue weighted by Crippen LogP contribution is 2.19. The smallest absolute Gasteiger partial charge is 0.107 e. The maximum Gasteiger partial charge on any atom is 0.107 e. The zero-order valence-corrected chi connectivity index (χ0v) is 17.1. The van der Waals surface area contributed by atoms with Crippen LogP contribution in [-0.2, 0) is 14.2 Å². The van der Waals surface area contributed by atoms with E-state index in [4.69, 9.17) is 20.6 Å². The van der Waals surface area contributed by atoms with E-state index in [2.05, 4.69) is 26.7 Å². The summed E-state index contributed by atoms with van der Waals surface area (Å²) in [5, 5.41) is 0. The van der Waals surface area contributed by atoms with E-state index in [0.29, 0.717) is 26.4 Å². The minimum atomic E-state index is -0.121. The van der Waals surface area contributed by atoms with Gasteiger partial charge in [-0.3, -0.25) is 0 Å². The van der Waals surface area contributed by atoms with Gasteiger partial charge in [0.25, 0.3) is 0 Å². The second kappa shape index (κ2) is 18.2. The Balaban J connectivity index is 3.92. The highest BCUT2D eigenvalue weighted by Gasteiger charge is 2.25. The molecule has 25 heavy (non-hydrogen) atoms. The first-order valence-electron chi connectivity index (χ1n) is 10.3. The fourth-order valence-corrected chi connectivity index (χ4v) is 2.73. The molecule has 0 bridgehead atoms. The van der Waals surface area contributed by atoms with Crippen LogP contribution >= 0.6 is 0 Å². The van der Waals surface area contributed by atoms with Crippen molar-refractivity contribution in [3.63, 3.8) is 0 Å². The molecule has 0 aliphatic heterocycles. The molecule has 0 rings (SSSR count). The number of rotatable bonds is 19. The molecular weight excluding hydrogens is 312 g/mol. The Bertz CT molecular complexity index is 291. The van der Waals surface area contributed by atoms with Gasteiger partial charge in [0.1, 0.15) is 6.61 Å². The molecule has 0 aromatic heterocycles. The summed E-state index contributed by atoms with van der Waals surface area (Å²) < 4.78 is 17.4. The maximum absolute atomic E-state index is 5.91. The molecule has 0 radical (unpaired) electrons. The van der Waals surface area contributed by atoms with Crippen LogP contribution in [0.25, 0.3) is 0 Å². The molecular formula is C22H42O3. The van der Waals surface area contributed by atoms with Crippen LogP contribution in [-0.4, -0.2) is 39.6 Å². The van der Waals surface area contributed by atoms with Crippen LogP contribution in [0.15, 0.2) is 0 Å². The molecule has 0 N–H and O–H groups in total. The average molecular weight is 355 g/mol. The summed E-state index contributed by atoms with van der Waals surface area (Å²) in [7, 11) is 0. The molecule has 0 aliphatic rings. The summed E-state index contributed by atoms with van der Waals surface area (Å²) in [4.78, 5) is 0. The van der Waals surface area contributed by atoms with Crippen LogP contribution in [0.1, 0.15) is 85.0 Å². The lowest BCUT2D eigenvalue weighted by Gasteiger charge is -2.28. The molecule has 3 heteroatoms. The van der Waals surface area contributed by atoms with Crippen molar-refractivity contribution in [1.82, 2.24) is 0 Å². The highest BCUT2D eigenvalue weighted by molar-refractivity contribution is 4.84. The molecule has 0 fully saturated rings.